The van der Waals surface area contributed by atoms with Crippen molar-refractivity contribution in [2.45, 2.75) is 45.1 Å². The number of rotatable bonds is 2. The summed E-state index contributed by atoms with van der Waals surface area (Å²) >= 11 is 0. The molecule has 0 radical (unpaired) electrons. The van der Waals surface area contributed by atoms with Gasteiger partial charge in [0.25, 0.3) is 0 Å². The zero-order chi connectivity index (χ0) is 14.1. The van der Waals surface area contributed by atoms with E-state index < -0.39 is 6.10 Å². The second kappa shape index (κ2) is 5.37. The van der Waals surface area contributed by atoms with Gasteiger partial charge in [-0.1, -0.05) is 24.3 Å². The van der Waals surface area contributed by atoms with Gasteiger partial charge in [0.1, 0.15) is 0 Å². The summed E-state index contributed by atoms with van der Waals surface area (Å²) in [6.07, 6.45) is 4.61. The Bertz CT molecular complexity index is 600. The monoisotopic (exact) mass is 267 g/mol. The maximum atomic E-state index is 10.9. The van der Waals surface area contributed by atoms with E-state index in [2.05, 4.69) is 37.0 Å². The molecule has 0 amide bonds. The van der Waals surface area contributed by atoms with E-state index >= 15 is 0 Å². The second-order valence-electron chi connectivity index (χ2n) is 5.80. The van der Waals surface area contributed by atoms with Crippen molar-refractivity contribution >= 4 is 0 Å². The van der Waals surface area contributed by atoms with Gasteiger partial charge in [0.15, 0.2) is 0 Å². The van der Waals surface area contributed by atoms with Crippen LogP contribution in [0.3, 0.4) is 0 Å². The van der Waals surface area contributed by atoms with E-state index in [0.29, 0.717) is 0 Å². The van der Waals surface area contributed by atoms with Crippen molar-refractivity contribution in [1.29, 1.82) is 0 Å². The average molecular weight is 267 g/mol. The van der Waals surface area contributed by atoms with E-state index in [1.165, 1.54) is 16.7 Å². The molecule has 2 heteroatoms. The van der Waals surface area contributed by atoms with E-state index in [9.17, 15) is 5.11 Å². The minimum Gasteiger partial charge on any atom is -0.388 e. The Kier molecular flexibility index (Phi) is 3.58. The summed E-state index contributed by atoms with van der Waals surface area (Å²) in [5, 5.41) is 10.9. The fourth-order valence-corrected chi connectivity index (χ4v) is 3.45. The molecule has 2 unspecified atom stereocenters. The molecule has 0 fully saturated rings. The van der Waals surface area contributed by atoms with Gasteiger partial charge < -0.3 is 5.11 Å². The van der Waals surface area contributed by atoms with Crippen LogP contribution >= 0.6 is 0 Å². The zero-order valence-corrected chi connectivity index (χ0v) is 12.1. The van der Waals surface area contributed by atoms with Crippen LogP contribution in [0.4, 0.5) is 0 Å². The first-order chi connectivity index (χ1) is 9.68. The molecular weight excluding hydrogens is 246 g/mol. The standard InChI is InChI=1S/C18H21NO/c1-12-6-3-7-13(2)16(12)18(20)15-10-4-8-14-9-5-11-19-17(14)15/h3,5-7,9,11,15,18,20H,4,8,10H2,1-2H3. The zero-order valence-electron chi connectivity index (χ0n) is 12.1. The maximum Gasteiger partial charge on any atom is 0.0878 e. The molecule has 1 aromatic heterocycles. The lowest BCUT2D eigenvalue weighted by atomic mass is 9.79. The highest BCUT2D eigenvalue weighted by Gasteiger charge is 2.30. The lowest BCUT2D eigenvalue weighted by molar-refractivity contribution is 0.132. The number of hydrogen-bond donors (Lipinski definition) is 1. The lowest BCUT2D eigenvalue weighted by Crippen LogP contribution is -2.20. The molecule has 0 saturated carbocycles. The van der Waals surface area contributed by atoms with Crippen LogP contribution in [0.25, 0.3) is 0 Å². The Balaban J connectivity index is 2.02. The smallest absolute Gasteiger partial charge is 0.0878 e. The molecular formula is C18H21NO. The van der Waals surface area contributed by atoms with Crippen molar-refractivity contribution in [1.82, 2.24) is 4.98 Å². The van der Waals surface area contributed by atoms with Gasteiger partial charge >= 0.3 is 0 Å². The van der Waals surface area contributed by atoms with E-state index in [1.807, 2.05) is 18.3 Å². The van der Waals surface area contributed by atoms with Crippen LogP contribution in [0.5, 0.6) is 0 Å². The van der Waals surface area contributed by atoms with Crippen molar-refractivity contribution in [3.8, 4) is 0 Å². The molecule has 1 N–H and O–H groups in total. The van der Waals surface area contributed by atoms with Crippen molar-refractivity contribution < 1.29 is 5.11 Å². The molecule has 0 spiro atoms. The second-order valence-corrected chi connectivity index (χ2v) is 5.80. The SMILES string of the molecule is Cc1cccc(C)c1C(O)C1CCCc2cccnc21. The van der Waals surface area contributed by atoms with Crippen molar-refractivity contribution in [2.24, 2.45) is 0 Å². The van der Waals surface area contributed by atoms with Crippen LogP contribution in [0.1, 0.15) is 52.8 Å². The highest BCUT2D eigenvalue weighted by Crippen LogP contribution is 2.40. The minimum absolute atomic E-state index is 0.125. The number of nitrogens with zero attached hydrogens (tertiary/aromatic N) is 1. The normalized spacial score (nSPS) is 19.4. The van der Waals surface area contributed by atoms with Crippen LogP contribution in [-0.2, 0) is 6.42 Å². The molecule has 1 aliphatic rings. The average Bonchev–Trinajstić information content (AvgIpc) is 2.46. The summed E-state index contributed by atoms with van der Waals surface area (Å²) in [4.78, 5) is 4.55. The quantitative estimate of drug-likeness (QED) is 0.896. The molecule has 1 aromatic carbocycles. The largest absolute Gasteiger partial charge is 0.388 e. The molecule has 2 atom stereocenters. The van der Waals surface area contributed by atoms with Crippen molar-refractivity contribution in [2.75, 3.05) is 0 Å². The summed E-state index contributed by atoms with van der Waals surface area (Å²) in [6, 6.07) is 10.3. The third kappa shape index (κ3) is 2.25. The van der Waals surface area contributed by atoms with Crippen LogP contribution in [0, 0.1) is 13.8 Å². The van der Waals surface area contributed by atoms with E-state index in [4.69, 9.17) is 0 Å². The predicted molar refractivity (Wildman–Crippen MR) is 80.8 cm³/mol. The Morgan fingerprint density at radius 3 is 2.65 bits per heavy atom. The fourth-order valence-electron chi connectivity index (χ4n) is 3.45. The molecule has 0 saturated heterocycles. The number of aromatic nitrogens is 1. The van der Waals surface area contributed by atoms with Gasteiger partial charge in [0, 0.05) is 17.8 Å². The lowest BCUT2D eigenvalue weighted by Gasteiger charge is -2.30. The Morgan fingerprint density at radius 2 is 1.90 bits per heavy atom. The van der Waals surface area contributed by atoms with E-state index in [-0.39, 0.29) is 5.92 Å². The number of aryl methyl sites for hydroxylation is 3. The van der Waals surface area contributed by atoms with Gasteiger partial charge in [0.05, 0.1) is 6.10 Å². The molecule has 0 bridgehead atoms. The molecule has 2 aromatic rings. The molecule has 104 valence electrons. The molecule has 1 heterocycles. The first kappa shape index (κ1) is 13.3. The first-order valence-corrected chi connectivity index (χ1v) is 7.36. The Morgan fingerprint density at radius 1 is 1.15 bits per heavy atom. The molecule has 20 heavy (non-hydrogen) atoms. The topological polar surface area (TPSA) is 33.1 Å². The summed E-state index contributed by atoms with van der Waals surface area (Å²) in [7, 11) is 0. The Labute approximate surface area is 120 Å². The predicted octanol–water partition coefficient (Wildman–Crippen LogP) is 3.85. The first-order valence-electron chi connectivity index (χ1n) is 7.36. The van der Waals surface area contributed by atoms with Crippen LogP contribution < -0.4 is 0 Å². The summed E-state index contributed by atoms with van der Waals surface area (Å²) < 4.78 is 0. The maximum absolute atomic E-state index is 10.9. The summed E-state index contributed by atoms with van der Waals surface area (Å²) in [6.45, 7) is 4.15. The van der Waals surface area contributed by atoms with Crippen LogP contribution in [-0.4, -0.2) is 10.1 Å². The van der Waals surface area contributed by atoms with Gasteiger partial charge in [-0.3, -0.25) is 4.98 Å². The number of aliphatic hydroxyl groups excluding tert-OH is 1. The number of aliphatic hydroxyl groups is 1. The minimum atomic E-state index is -0.454. The van der Waals surface area contributed by atoms with Gasteiger partial charge in [-0.2, -0.15) is 0 Å². The van der Waals surface area contributed by atoms with Crippen LogP contribution in [0.2, 0.25) is 0 Å². The molecule has 2 nitrogen and oxygen atoms in total. The molecule has 1 aliphatic carbocycles. The number of pyridine rings is 1. The number of benzene rings is 1. The van der Waals surface area contributed by atoms with E-state index in [1.54, 1.807) is 0 Å². The summed E-state index contributed by atoms with van der Waals surface area (Å²) in [5.74, 6) is 0.125. The number of hydrogen-bond acceptors (Lipinski definition) is 2. The van der Waals surface area contributed by atoms with Crippen LogP contribution in [0.15, 0.2) is 36.5 Å². The fraction of sp³-hybridized carbons (Fsp3) is 0.389. The van der Waals surface area contributed by atoms with E-state index in [0.717, 1.165) is 30.5 Å². The number of fused-ring (bicyclic) bond motifs is 1. The summed E-state index contributed by atoms with van der Waals surface area (Å²) in [5.41, 5.74) is 5.81. The van der Waals surface area contributed by atoms with Crippen molar-refractivity contribution in [3.63, 3.8) is 0 Å². The van der Waals surface area contributed by atoms with Gasteiger partial charge in [-0.15, -0.1) is 0 Å². The van der Waals surface area contributed by atoms with Gasteiger partial charge in [-0.25, -0.2) is 0 Å². The Hall–Kier alpha value is -1.67. The van der Waals surface area contributed by atoms with Gasteiger partial charge in [-0.05, 0) is 61.4 Å². The van der Waals surface area contributed by atoms with Crippen molar-refractivity contribution in [3.05, 3.63) is 64.5 Å². The highest BCUT2D eigenvalue weighted by atomic mass is 16.3. The molecule has 3 rings (SSSR count). The van der Waals surface area contributed by atoms with Gasteiger partial charge in [0.2, 0.25) is 0 Å². The third-order valence-corrected chi connectivity index (χ3v) is 4.46. The third-order valence-electron chi connectivity index (χ3n) is 4.46. The highest BCUT2D eigenvalue weighted by molar-refractivity contribution is 5.38. The molecule has 0 aliphatic heterocycles.